The molecule has 0 amide bonds. The van der Waals surface area contributed by atoms with Gasteiger partial charge in [0.05, 0.1) is 12.2 Å². The zero-order valence-electron chi connectivity index (χ0n) is 10.8. The maximum absolute atomic E-state index is 11.9. The van der Waals surface area contributed by atoms with Crippen LogP contribution < -0.4 is 0 Å². The Bertz CT molecular complexity index is 535. The smallest absolute Gasteiger partial charge is 0.338 e. The number of hydrogen-bond donors (Lipinski definition) is 0. The minimum absolute atomic E-state index is 0.286. The molecule has 3 nitrogen and oxygen atoms in total. The van der Waals surface area contributed by atoms with E-state index >= 15 is 0 Å². The second kappa shape index (κ2) is 6.71. The van der Waals surface area contributed by atoms with Crippen LogP contribution in [0.2, 0.25) is 0 Å². The van der Waals surface area contributed by atoms with Crippen molar-refractivity contribution in [3.63, 3.8) is 0 Å². The molecule has 0 N–H and O–H groups in total. The highest BCUT2D eigenvalue weighted by Gasteiger charge is 2.07. The number of esters is 1. The van der Waals surface area contributed by atoms with E-state index in [2.05, 4.69) is 0 Å². The van der Waals surface area contributed by atoms with Crippen molar-refractivity contribution in [2.45, 2.75) is 13.2 Å². The lowest BCUT2D eigenvalue weighted by Crippen LogP contribution is -2.05. The molecule has 98 valence electrons. The van der Waals surface area contributed by atoms with Gasteiger partial charge in [0.25, 0.3) is 0 Å². The Hall–Kier alpha value is -2.13. The van der Waals surface area contributed by atoms with Gasteiger partial charge in [-0.15, -0.1) is 0 Å². The van der Waals surface area contributed by atoms with Gasteiger partial charge in [-0.3, -0.25) is 0 Å². The summed E-state index contributed by atoms with van der Waals surface area (Å²) in [6, 6.07) is 16.9. The summed E-state index contributed by atoms with van der Waals surface area (Å²) in [5.41, 5.74) is 2.48. The van der Waals surface area contributed by atoms with Crippen molar-refractivity contribution in [1.82, 2.24) is 0 Å². The van der Waals surface area contributed by atoms with Crippen molar-refractivity contribution in [2.75, 3.05) is 7.11 Å². The highest BCUT2D eigenvalue weighted by atomic mass is 16.5. The lowest BCUT2D eigenvalue weighted by molar-refractivity contribution is 0.0472. The largest absolute Gasteiger partial charge is 0.457 e. The molecule has 0 aliphatic rings. The van der Waals surface area contributed by atoms with Gasteiger partial charge in [0.1, 0.15) is 6.61 Å². The van der Waals surface area contributed by atoms with Gasteiger partial charge >= 0.3 is 5.97 Å². The van der Waals surface area contributed by atoms with E-state index in [-0.39, 0.29) is 12.6 Å². The molecule has 0 aromatic heterocycles. The molecule has 0 aliphatic heterocycles. The number of hydrogen-bond acceptors (Lipinski definition) is 3. The second-order valence-electron chi connectivity index (χ2n) is 4.20. The molecule has 0 spiro atoms. The predicted octanol–water partition coefficient (Wildman–Crippen LogP) is 3.19. The summed E-state index contributed by atoms with van der Waals surface area (Å²) < 4.78 is 10.3. The van der Waals surface area contributed by atoms with Crippen molar-refractivity contribution >= 4 is 5.97 Å². The molecular weight excluding hydrogens is 240 g/mol. The second-order valence-corrected chi connectivity index (χ2v) is 4.20. The van der Waals surface area contributed by atoms with Gasteiger partial charge in [0, 0.05) is 7.11 Å². The van der Waals surface area contributed by atoms with E-state index in [1.165, 1.54) is 0 Å². The van der Waals surface area contributed by atoms with Crippen LogP contribution in [-0.4, -0.2) is 13.1 Å². The van der Waals surface area contributed by atoms with Crippen molar-refractivity contribution in [2.24, 2.45) is 0 Å². The summed E-state index contributed by atoms with van der Waals surface area (Å²) in [4.78, 5) is 11.9. The van der Waals surface area contributed by atoms with Gasteiger partial charge in [-0.1, -0.05) is 42.5 Å². The highest BCUT2D eigenvalue weighted by Crippen LogP contribution is 2.09. The van der Waals surface area contributed by atoms with Crippen LogP contribution in [0.5, 0.6) is 0 Å². The molecule has 3 heteroatoms. The predicted molar refractivity (Wildman–Crippen MR) is 72.7 cm³/mol. The quantitative estimate of drug-likeness (QED) is 0.771. The highest BCUT2D eigenvalue weighted by molar-refractivity contribution is 5.89. The number of carbonyl (C=O) groups is 1. The van der Waals surface area contributed by atoms with Gasteiger partial charge in [0.15, 0.2) is 0 Å². The number of benzene rings is 2. The normalized spacial score (nSPS) is 10.2. The molecule has 0 aliphatic carbocycles. The Balaban J connectivity index is 1.98. The third-order valence-corrected chi connectivity index (χ3v) is 2.69. The summed E-state index contributed by atoms with van der Waals surface area (Å²) >= 11 is 0. The number of carbonyl (C=O) groups excluding carboxylic acids is 1. The van der Waals surface area contributed by atoms with E-state index in [1.54, 1.807) is 19.2 Å². The Labute approximate surface area is 112 Å². The van der Waals surface area contributed by atoms with Crippen LogP contribution in [0.25, 0.3) is 0 Å². The fourth-order valence-corrected chi connectivity index (χ4v) is 1.76. The minimum atomic E-state index is -0.318. The molecule has 19 heavy (non-hydrogen) atoms. The van der Waals surface area contributed by atoms with Crippen LogP contribution in [0.4, 0.5) is 0 Å². The Morgan fingerprint density at radius 1 is 0.947 bits per heavy atom. The topological polar surface area (TPSA) is 35.5 Å². The zero-order valence-corrected chi connectivity index (χ0v) is 10.8. The Morgan fingerprint density at radius 3 is 2.42 bits per heavy atom. The summed E-state index contributed by atoms with van der Waals surface area (Å²) in [6.45, 7) is 0.772. The number of ether oxygens (including phenoxy) is 2. The van der Waals surface area contributed by atoms with Crippen LogP contribution in [0, 0.1) is 0 Å². The third kappa shape index (κ3) is 3.93. The third-order valence-electron chi connectivity index (χ3n) is 2.69. The molecular formula is C16H16O3. The average Bonchev–Trinajstić information content (AvgIpc) is 2.46. The van der Waals surface area contributed by atoms with E-state index in [9.17, 15) is 4.79 Å². The van der Waals surface area contributed by atoms with Crippen LogP contribution in [0.15, 0.2) is 54.6 Å². The molecule has 0 saturated heterocycles. The molecule has 0 fully saturated rings. The van der Waals surface area contributed by atoms with Gasteiger partial charge < -0.3 is 9.47 Å². The molecule has 0 bridgehead atoms. The maximum Gasteiger partial charge on any atom is 0.338 e. The van der Waals surface area contributed by atoms with Gasteiger partial charge in [-0.05, 0) is 23.3 Å². The molecule has 2 aromatic rings. The Morgan fingerprint density at radius 2 is 1.68 bits per heavy atom. The van der Waals surface area contributed by atoms with Gasteiger partial charge in [-0.25, -0.2) is 4.79 Å². The average molecular weight is 256 g/mol. The first-order valence-electron chi connectivity index (χ1n) is 6.08. The molecule has 2 aromatic carbocycles. The zero-order chi connectivity index (χ0) is 13.5. The molecule has 0 heterocycles. The monoisotopic (exact) mass is 256 g/mol. The SMILES string of the molecule is COCc1cccc(C(=O)OCc2ccccc2)c1. The van der Waals surface area contributed by atoms with Crippen molar-refractivity contribution in [3.05, 3.63) is 71.3 Å². The molecule has 2 rings (SSSR count). The van der Waals surface area contributed by atoms with E-state index in [0.29, 0.717) is 12.2 Å². The summed E-state index contributed by atoms with van der Waals surface area (Å²) in [7, 11) is 1.63. The fourth-order valence-electron chi connectivity index (χ4n) is 1.76. The van der Waals surface area contributed by atoms with E-state index < -0.39 is 0 Å². The minimum Gasteiger partial charge on any atom is -0.457 e. The van der Waals surface area contributed by atoms with E-state index in [1.807, 2.05) is 42.5 Å². The van der Waals surface area contributed by atoms with Crippen molar-refractivity contribution in [3.8, 4) is 0 Å². The Kier molecular flexibility index (Phi) is 4.70. The lowest BCUT2D eigenvalue weighted by Gasteiger charge is -2.06. The fraction of sp³-hybridized carbons (Fsp3) is 0.188. The van der Waals surface area contributed by atoms with Crippen LogP contribution >= 0.6 is 0 Å². The van der Waals surface area contributed by atoms with Crippen LogP contribution in [-0.2, 0) is 22.7 Å². The van der Waals surface area contributed by atoms with Crippen LogP contribution in [0.1, 0.15) is 21.5 Å². The van der Waals surface area contributed by atoms with Crippen molar-refractivity contribution < 1.29 is 14.3 Å². The molecule has 0 radical (unpaired) electrons. The van der Waals surface area contributed by atoms with Crippen molar-refractivity contribution in [1.29, 1.82) is 0 Å². The number of rotatable bonds is 5. The maximum atomic E-state index is 11.9. The summed E-state index contributed by atoms with van der Waals surface area (Å²) in [6.07, 6.45) is 0. The molecule has 0 unspecified atom stereocenters. The van der Waals surface area contributed by atoms with Crippen LogP contribution in [0.3, 0.4) is 0 Å². The first kappa shape index (κ1) is 13.3. The molecule has 0 saturated carbocycles. The summed E-state index contributed by atoms with van der Waals surface area (Å²) in [5.74, 6) is -0.318. The summed E-state index contributed by atoms with van der Waals surface area (Å²) in [5, 5.41) is 0. The van der Waals surface area contributed by atoms with E-state index in [4.69, 9.17) is 9.47 Å². The van der Waals surface area contributed by atoms with Gasteiger partial charge in [-0.2, -0.15) is 0 Å². The standard InChI is InChI=1S/C16H16O3/c1-18-11-14-8-5-9-15(10-14)16(17)19-12-13-6-3-2-4-7-13/h2-10H,11-12H2,1H3. The van der Waals surface area contributed by atoms with Gasteiger partial charge in [0.2, 0.25) is 0 Å². The molecule has 0 atom stereocenters. The first-order chi connectivity index (χ1) is 9.29. The van der Waals surface area contributed by atoms with E-state index in [0.717, 1.165) is 11.1 Å². The number of methoxy groups -OCH3 is 1. The lowest BCUT2D eigenvalue weighted by atomic mass is 10.1. The first-order valence-corrected chi connectivity index (χ1v) is 6.08.